The first-order valence-corrected chi connectivity index (χ1v) is 7.07. The van der Waals surface area contributed by atoms with E-state index in [-0.39, 0.29) is 6.04 Å². The summed E-state index contributed by atoms with van der Waals surface area (Å²) in [5.41, 5.74) is 6.83. The molecule has 2 aromatic heterocycles. The number of nitrogens with zero attached hydrogens (tertiary/aromatic N) is 1. The molecule has 0 aliphatic carbocycles. The highest BCUT2D eigenvalue weighted by molar-refractivity contribution is 9.13. The van der Waals surface area contributed by atoms with Crippen LogP contribution in [0.3, 0.4) is 0 Å². The zero-order valence-electron chi connectivity index (χ0n) is 8.75. The number of hydrogen-bond donors (Lipinski definition) is 1. The van der Waals surface area contributed by atoms with Gasteiger partial charge in [0.25, 0.3) is 0 Å². The topological polar surface area (TPSA) is 52.0 Å². The van der Waals surface area contributed by atoms with E-state index in [4.69, 9.17) is 10.2 Å². The quantitative estimate of drug-likeness (QED) is 0.865. The number of aromatic nitrogens is 1. The van der Waals surface area contributed by atoms with Gasteiger partial charge < -0.3 is 10.2 Å². The molecule has 6 heteroatoms. The minimum Gasteiger partial charge on any atom is -0.446 e. The normalized spacial score (nSPS) is 13.1. The molecule has 86 valence electrons. The fraction of sp³-hybridized carbons (Fsp3) is 0.300. The van der Waals surface area contributed by atoms with Crippen LogP contribution in [0.25, 0.3) is 10.8 Å². The number of furan rings is 1. The van der Waals surface area contributed by atoms with Crippen molar-refractivity contribution in [1.29, 1.82) is 0 Å². The second-order valence-electron chi connectivity index (χ2n) is 3.49. The van der Waals surface area contributed by atoms with E-state index in [1.54, 1.807) is 11.3 Å². The molecular formula is C10H10Br2N2OS. The van der Waals surface area contributed by atoms with Gasteiger partial charge in [0.15, 0.2) is 15.4 Å². The molecule has 0 fully saturated rings. The lowest BCUT2D eigenvalue weighted by atomic mass is 10.2. The van der Waals surface area contributed by atoms with Gasteiger partial charge in [-0.1, -0.05) is 0 Å². The Labute approximate surface area is 114 Å². The predicted octanol–water partition coefficient (Wildman–Crippen LogP) is 4.26. The van der Waals surface area contributed by atoms with Crippen LogP contribution < -0.4 is 5.73 Å². The summed E-state index contributed by atoms with van der Waals surface area (Å²) in [4.78, 5) is 5.56. The van der Waals surface area contributed by atoms with Gasteiger partial charge in [-0.3, -0.25) is 0 Å². The Morgan fingerprint density at radius 3 is 2.62 bits per heavy atom. The van der Waals surface area contributed by atoms with Crippen LogP contribution in [0.15, 0.2) is 19.6 Å². The summed E-state index contributed by atoms with van der Waals surface area (Å²) in [7, 11) is 0. The van der Waals surface area contributed by atoms with Crippen molar-refractivity contribution in [2.24, 2.45) is 5.73 Å². The standard InChI is InChI=1S/C10H10Br2N2OS/c1-4(13)8-5(2)14-10(16-8)7-3-6(11)9(12)15-7/h3-4H,13H2,1-2H3. The largest absolute Gasteiger partial charge is 0.446 e. The van der Waals surface area contributed by atoms with E-state index in [1.807, 2.05) is 19.9 Å². The Morgan fingerprint density at radius 1 is 1.50 bits per heavy atom. The molecular weight excluding hydrogens is 356 g/mol. The first kappa shape index (κ1) is 12.3. The molecule has 2 rings (SSSR count). The van der Waals surface area contributed by atoms with Crippen molar-refractivity contribution in [3.05, 3.63) is 25.8 Å². The van der Waals surface area contributed by atoms with Gasteiger partial charge in [0.2, 0.25) is 0 Å². The summed E-state index contributed by atoms with van der Waals surface area (Å²) in [6.45, 7) is 3.92. The van der Waals surface area contributed by atoms with Crippen molar-refractivity contribution in [3.8, 4) is 10.8 Å². The molecule has 2 heterocycles. The summed E-state index contributed by atoms with van der Waals surface area (Å²) in [5, 5.41) is 0.858. The molecule has 0 aliphatic rings. The highest BCUT2D eigenvalue weighted by Gasteiger charge is 2.16. The molecule has 0 aliphatic heterocycles. The van der Waals surface area contributed by atoms with Crippen molar-refractivity contribution >= 4 is 43.2 Å². The smallest absolute Gasteiger partial charge is 0.184 e. The third kappa shape index (κ3) is 2.25. The second-order valence-corrected chi connectivity index (χ2v) is 6.09. The molecule has 16 heavy (non-hydrogen) atoms. The lowest BCUT2D eigenvalue weighted by Gasteiger charge is -1.99. The van der Waals surface area contributed by atoms with Crippen LogP contribution >= 0.6 is 43.2 Å². The van der Waals surface area contributed by atoms with E-state index >= 15 is 0 Å². The summed E-state index contributed by atoms with van der Waals surface area (Å²) in [5.74, 6) is 0.749. The molecule has 0 amide bonds. The van der Waals surface area contributed by atoms with Gasteiger partial charge in [-0.2, -0.15) is 0 Å². The third-order valence-corrected chi connectivity index (χ3v) is 5.19. The fourth-order valence-electron chi connectivity index (χ4n) is 1.39. The first-order chi connectivity index (χ1) is 7.49. The van der Waals surface area contributed by atoms with Crippen molar-refractivity contribution in [2.45, 2.75) is 19.9 Å². The number of nitrogens with two attached hydrogens (primary N) is 1. The molecule has 2 aromatic rings. The molecule has 0 radical (unpaired) electrons. The van der Waals surface area contributed by atoms with Gasteiger partial charge in [0, 0.05) is 17.0 Å². The maximum absolute atomic E-state index is 5.86. The molecule has 0 saturated heterocycles. The third-order valence-electron chi connectivity index (χ3n) is 2.10. The van der Waals surface area contributed by atoms with Crippen molar-refractivity contribution in [2.75, 3.05) is 0 Å². The van der Waals surface area contributed by atoms with E-state index in [0.29, 0.717) is 4.67 Å². The highest BCUT2D eigenvalue weighted by Crippen LogP contribution is 2.36. The molecule has 0 spiro atoms. The van der Waals surface area contributed by atoms with Gasteiger partial charge in [-0.25, -0.2) is 4.98 Å². The van der Waals surface area contributed by atoms with Gasteiger partial charge in [0.05, 0.1) is 10.2 Å². The van der Waals surface area contributed by atoms with Crippen LogP contribution in [0.1, 0.15) is 23.5 Å². The van der Waals surface area contributed by atoms with Crippen LogP contribution in [0.4, 0.5) is 0 Å². The van der Waals surface area contributed by atoms with Crippen LogP contribution in [0.5, 0.6) is 0 Å². The van der Waals surface area contributed by atoms with Crippen LogP contribution in [-0.4, -0.2) is 4.98 Å². The maximum atomic E-state index is 5.86. The zero-order valence-corrected chi connectivity index (χ0v) is 12.7. The molecule has 1 unspecified atom stereocenters. The minimum absolute atomic E-state index is 0.00749. The van der Waals surface area contributed by atoms with Crippen LogP contribution in [0.2, 0.25) is 0 Å². The molecule has 1 atom stereocenters. The predicted molar refractivity (Wildman–Crippen MR) is 72.6 cm³/mol. The van der Waals surface area contributed by atoms with Gasteiger partial charge in [-0.15, -0.1) is 11.3 Å². The average molecular weight is 366 g/mol. The number of halogens is 2. The van der Waals surface area contributed by atoms with Gasteiger partial charge >= 0.3 is 0 Å². The van der Waals surface area contributed by atoms with Crippen molar-refractivity contribution in [3.63, 3.8) is 0 Å². The lowest BCUT2D eigenvalue weighted by Crippen LogP contribution is -2.03. The van der Waals surface area contributed by atoms with Crippen molar-refractivity contribution < 1.29 is 4.42 Å². The highest BCUT2D eigenvalue weighted by atomic mass is 79.9. The number of thiazole rings is 1. The molecule has 0 saturated carbocycles. The maximum Gasteiger partial charge on any atom is 0.184 e. The molecule has 2 N–H and O–H groups in total. The summed E-state index contributed by atoms with van der Waals surface area (Å²) >= 11 is 8.26. The Kier molecular flexibility index (Phi) is 3.53. The van der Waals surface area contributed by atoms with E-state index in [2.05, 4.69) is 36.8 Å². The fourth-order valence-corrected chi connectivity index (χ4v) is 2.94. The minimum atomic E-state index is 0.00749. The van der Waals surface area contributed by atoms with E-state index in [0.717, 1.165) is 25.8 Å². The number of hydrogen-bond acceptors (Lipinski definition) is 4. The van der Waals surface area contributed by atoms with E-state index < -0.39 is 0 Å². The number of aryl methyl sites for hydroxylation is 1. The van der Waals surface area contributed by atoms with Gasteiger partial charge in [-0.05, 0) is 45.7 Å². The molecule has 0 aromatic carbocycles. The number of rotatable bonds is 2. The summed E-state index contributed by atoms with van der Waals surface area (Å²) < 4.78 is 7.09. The van der Waals surface area contributed by atoms with E-state index in [9.17, 15) is 0 Å². The van der Waals surface area contributed by atoms with Crippen LogP contribution in [0, 0.1) is 6.92 Å². The Bertz CT molecular complexity index is 499. The zero-order chi connectivity index (χ0) is 11.9. The SMILES string of the molecule is Cc1nc(-c2cc(Br)c(Br)o2)sc1C(C)N. The molecule has 3 nitrogen and oxygen atoms in total. The Balaban J connectivity index is 2.45. The summed E-state index contributed by atoms with van der Waals surface area (Å²) in [6.07, 6.45) is 0. The van der Waals surface area contributed by atoms with Gasteiger partial charge in [0.1, 0.15) is 0 Å². The second kappa shape index (κ2) is 4.60. The summed E-state index contributed by atoms with van der Waals surface area (Å²) in [6, 6.07) is 1.90. The Hall–Kier alpha value is -0.170. The average Bonchev–Trinajstić information content (AvgIpc) is 2.71. The lowest BCUT2D eigenvalue weighted by molar-refractivity contribution is 0.553. The molecule has 0 bridgehead atoms. The Morgan fingerprint density at radius 2 is 2.19 bits per heavy atom. The van der Waals surface area contributed by atoms with Crippen LogP contribution in [-0.2, 0) is 0 Å². The first-order valence-electron chi connectivity index (χ1n) is 4.67. The van der Waals surface area contributed by atoms with E-state index in [1.165, 1.54) is 0 Å². The van der Waals surface area contributed by atoms with Crippen molar-refractivity contribution in [1.82, 2.24) is 4.98 Å². The monoisotopic (exact) mass is 364 g/mol.